The van der Waals surface area contributed by atoms with E-state index in [1.807, 2.05) is 49.4 Å². The van der Waals surface area contributed by atoms with Gasteiger partial charge >= 0.3 is 0 Å². The van der Waals surface area contributed by atoms with Crippen LogP contribution in [0.2, 0.25) is 0 Å². The standard InChI is InChI=1S/C24H25N3O4/c1-2-30-22-10-4-3-9-21(22)27-16-19(13-23(27)28)24(29)26(17-20-8-6-12-31-20)15-18-7-5-11-25-14-18/h3-12,14,19H,2,13,15-17H2,1H3. The van der Waals surface area contributed by atoms with E-state index in [0.717, 1.165) is 5.56 Å². The summed E-state index contributed by atoms with van der Waals surface area (Å²) in [5.41, 5.74) is 1.62. The predicted molar refractivity (Wildman–Crippen MR) is 115 cm³/mol. The van der Waals surface area contributed by atoms with E-state index >= 15 is 0 Å². The Labute approximate surface area is 181 Å². The lowest BCUT2D eigenvalue weighted by Gasteiger charge is -2.25. The number of hydrogen-bond acceptors (Lipinski definition) is 5. The molecule has 3 aromatic rings. The molecule has 31 heavy (non-hydrogen) atoms. The normalized spacial score (nSPS) is 15.8. The second kappa shape index (κ2) is 9.47. The molecule has 160 valence electrons. The SMILES string of the molecule is CCOc1ccccc1N1CC(C(=O)N(Cc2cccnc2)Cc2ccco2)CC1=O. The number of carbonyl (C=O) groups is 2. The number of nitrogens with zero attached hydrogens (tertiary/aromatic N) is 3. The highest BCUT2D eigenvalue weighted by Crippen LogP contribution is 2.34. The minimum atomic E-state index is -0.436. The molecule has 4 rings (SSSR count). The molecule has 2 amide bonds. The summed E-state index contributed by atoms with van der Waals surface area (Å²) in [6, 6.07) is 14.8. The van der Waals surface area contributed by atoms with E-state index in [1.54, 1.807) is 34.5 Å². The molecule has 1 fully saturated rings. The van der Waals surface area contributed by atoms with Gasteiger partial charge in [-0.1, -0.05) is 18.2 Å². The topological polar surface area (TPSA) is 75.9 Å². The number of pyridine rings is 1. The molecule has 1 saturated heterocycles. The third kappa shape index (κ3) is 4.77. The number of furan rings is 1. The molecule has 3 heterocycles. The lowest BCUT2D eigenvalue weighted by molar-refractivity contribution is -0.137. The van der Waals surface area contributed by atoms with Crippen molar-refractivity contribution < 1.29 is 18.7 Å². The molecule has 7 heteroatoms. The van der Waals surface area contributed by atoms with Crippen LogP contribution in [0.25, 0.3) is 0 Å². The predicted octanol–water partition coefficient (Wildman–Crippen LogP) is 3.66. The molecule has 1 aliphatic heterocycles. The van der Waals surface area contributed by atoms with Gasteiger partial charge in [0.15, 0.2) is 0 Å². The number of rotatable bonds is 8. The highest BCUT2D eigenvalue weighted by atomic mass is 16.5. The Bertz CT molecular complexity index is 1020. The second-order valence-electron chi connectivity index (χ2n) is 7.44. The van der Waals surface area contributed by atoms with Crippen molar-refractivity contribution in [3.63, 3.8) is 0 Å². The van der Waals surface area contributed by atoms with Gasteiger partial charge in [-0.25, -0.2) is 0 Å². The average molecular weight is 419 g/mol. The molecular formula is C24H25N3O4. The molecule has 0 saturated carbocycles. The van der Waals surface area contributed by atoms with Gasteiger partial charge in [-0.2, -0.15) is 0 Å². The Balaban J connectivity index is 1.54. The van der Waals surface area contributed by atoms with Crippen molar-refractivity contribution in [3.8, 4) is 5.75 Å². The highest BCUT2D eigenvalue weighted by Gasteiger charge is 2.38. The molecule has 0 radical (unpaired) electrons. The number of carbonyl (C=O) groups excluding carboxylic acids is 2. The molecule has 0 spiro atoms. The number of benzene rings is 1. The van der Waals surface area contributed by atoms with Crippen molar-refractivity contribution >= 4 is 17.5 Å². The quantitative estimate of drug-likeness (QED) is 0.557. The first-order valence-electron chi connectivity index (χ1n) is 10.4. The van der Waals surface area contributed by atoms with E-state index in [1.165, 1.54) is 0 Å². The molecule has 2 aromatic heterocycles. The molecule has 0 bridgehead atoms. The monoisotopic (exact) mass is 419 g/mol. The molecule has 7 nitrogen and oxygen atoms in total. The van der Waals surface area contributed by atoms with Gasteiger partial charge in [0.05, 0.1) is 31.0 Å². The van der Waals surface area contributed by atoms with Crippen LogP contribution in [0.5, 0.6) is 5.75 Å². The van der Waals surface area contributed by atoms with Crippen molar-refractivity contribution in [2.45, 2.75) is 26.4 Å². The van der Waals surface area contributed by atoms with Gasteiger partial charge in [-0.15, -0.1) is 0 Å². The number of ether oxygens (including phenoxy) is 1. The molecule has 0 aliphatic carbocycles. The van der Waals surface area contributed by atoms with Crippen molar-refractivity contribution in [2.24, 2.45) is 5.92 Å². The van der Waals surface area contributed by atoms with Crippen LogP contribution >= 0.6 is 0 Å². The fourth-order valence-corrected chi connectivity index (χ4v) is 3.84. The summed E-state index contributed by atoms with van der Waals surface area (Å²) in [5, 5.41) is 0. The zero-order valence-electron chi connectivity index (χ0n) is 17.4. The maximum absolute atomic E-state index is 13.5. The van der Waals surface area contributed by atoms with Gasteiger partial charge in [-0.3, -0.25) is 14.6 Å². The Morgan fingerprint density at radius 1 is 1.19 bits per heavy atom. The highest BCUT2D eigenvalue weighted by molar-refractivity contribution is 6.01. The summed E-state index contributed by atoms with van der Waals surface area (Å²) in [4.78, 5) is 33.8. The minimum absolute atomic E-state index is 0.0787. The fraction of sp³-hybridized carbons (Fsp3) is 0.292. The molecule has 1 unspecified atom stereocenters. The zero-order valence-corrected chi connectivity index (χ0v) is 17.4. The van der Waals surface area contributed by atoms with Gasteiger partial charge < -0.3 is 19.0 Å². The first-order chi connectivity index (χ1) is 15.2. The van der Waals surface area contributed by atoms with E-state index in [9.17, 15) is 9.59 Å². The number of amides is 2. The third-order valence-electron chi connectivity index (χ3n) is 5.26. The summed E-state index contributed by atoms with van der Waals surface area (Å²) in [5.74, 6) is 0.748. The van der Waals surface area contributed by atoms with E-state index < -0.39 is 5.92 Å². The first-order valence-corrected chi connectivity index (χ1v) is 10.4. The van der Waals surface area contributed by atoms with Crippen molar-refractivity contribution in [1.29, 1.82) is 0 Å². The number of aromatic nitrogens is 1. The average Bonchev–Trinajstić information content (AvgIpc) is 3.44. The minimum Gasteiger partial charge on any atom is -0.492 e. The Morgan fingerprint density at radius 3 is 2.81 bits per heavy atom. The zero-order chi connectivity index (χ0) is 21.6. The summed E-state index contributed by atoms with van der Waals surface area (Å²) < 4.78 is 11.1. The largest absolute Gasteiger partial charge is 0.492 e. The van der Waals surface area contributed by atoms with Gasteiger partial charge in [0.2, 0.25) is 11.8 Å². The van der Waals surface area contributed by atoms with Crippen molar-refractivity contribution in [1.82, 2.24) is 9.88 Å². The van der Waals surface area contributed by atoms with Gasteiger partial charge in [0.1, 0.15) is 11.5 Å². The lowest BCUT2D eigenvalue weighted by Crippen LogP contribution is -2.36. The summed E-state index contributed by atoms with van der Waals surface area (Å²) in [6.45, 7) is 3.46. The van der Waals surface area contributed by atoms with Crippen LogP contribution < -0.4 is 9.64 Å². The smallest absolute Gasteiger partial charge is 0.228 e. The Kier molecular flexibility index (Phi) is 6.31. The van der Waals surface area contributed by atoms with Gasteiger partial charge in [0.25, 0.3) is 0 Å². The van der Waals surface area contributed by atoms with Crippen molar-refractivity contribution in [3.05, 3.63) is 78.5 Å². The molecular weight excluding hydrogens is 394 g/mol. The molecule has 0 N–H and O–H groups in total. The number of hydrogen-bond donors (Lipinski definition) is 0. The van der Waals surface area contributed by atoms with E-state index in [-0.39, 0.29) is 18.2 Å². The van der Waals surface area contributed by atoms with E-state index in [2.05, 4.69) is 4.98 Å². The van der Waals surface area contributed by atoms with E-state index in [0.29, 0.717) is 43.4 Å². The number of para-hydroxylation sites is 2. The number of anilines is 1. The Morgan fingerprint density at radius 2 is 2.06 bits per heavy atom. The van der Waals surface area contributed by atoms with Crippen LogP contribution in [-0.4, -0.2) is 34.8 Å². The second-order valence-corrected chi connectivity index (χ2v) is 7.44. The maximum Gasteiger partial charge on any atom is 0.228 e. The lowest BCUT2D eigenvalue weighted by atomic mass is 10.1. The van der Waals surface area contributed by atoms with E-state index in [4.69, 9.17) is 9.15 Å². The Hall–Kier alpha value is -3.61. The van der Waals surface area contributed by atoms with Gasteiger partial charge in [-0.05, 0) is 42.8 Å². The first kappa shape index (κ1) is 20.7. The summed E-state index contributed by atoms with van der Waals surface area (Å²) in [7, 11) is 0. The summed E-state index contributed by atoms with van der Waals surface area (Å²) in [6.07, 6.45) is 5.20. The van der Waals surface area contributed by atoms with Crippen LogP contribution in [0.4, 0.5) is 5.69 Å². The van der Waals surface area contributed by atoms with Crippen LogP contribution in [0.3, 0.4) is 0 Å². The fourth-order valence-electron chi connectivity index (χ4n) is 3.84. The van der Waals surface area contributed by atoms with Crippen LogP contribution in [0.15, 0.2) is 71.6 Å². The third-order valence-corrected chi connectivity index (χ3v) is 5.26. The van der Waals surface area contributed by atoms with Crippen molar-refractivity contribution in [2.75, 3.05) is 18.1 Å². The molecule has 1 aliphatic rings. The van der Waals surface area contributed by atoms with Gasteiger partial charge in [0, 0.05) is 31.9 Å². The van der Waals surface area contributed by atoms with Crippen LogP contribution in [0.1, 0.15) is 24.7 Å². The maximum atomic E-state index is 13.5. The van der Waals surface area contributed by atoms with Crippen LogP contribution in [0, 0.1) is 5.92 Å². The van der Waals surface area contributed by atoms with Crippen LogP contribution in [-0.2, 0) is 22.7 Å². The molecule has 1 atom stereocenters. The summed E-state index contributed by atoms with van der Waals surface area (Å²) >= 11 is 0. The molecule has 1 aromatic carbocycles.